The molecule has 0 amide bonds. The van der Waals surface area contributed by atoms with Gasteiger partial charge in [0.25, 0.3) is 0 Å². The molecule has 0 saturated carbocycles. The first-order valence-corrected chi connectivity index (χ1v) is 8.54. The smallest absolute Gasteiger partial charge is 0.207 e. The summed E-state index contributed by atoms with van der Waals surface area (Å²) in [6.45, 7) is 5.08. The molecule has 22 heavy (non-hydrogen) atoms. The van der Waals surface area contributed by atoms with E-state index in [9.17, 15) is 12.8 Å². The third kappa shape index (κ3) is 3.66. The molecule has 0 aliphatic carbocycles. The molecule has 2 aromatic carbocycles. The number of aryl methyl sites for hydroxylation is 1. The highest BCUT2D eigenvalue weighted by molar-refractivity contribution is 7.89. The minimum absolute atomic E-state index is 0.0657. The largest absolute Gasteiger partial charge is 0.241 e. The van der Waals surface area contributed by atoms with Crippen LogP contribution in [0.15, 0.2) is 47.4 Å². The maximum Gasteiger partial charge on any atom is 0.241 e. The van der Waals surface area contributed by atoms with Crippen LogP contribution in [0.4, 0.5) is 4.39 Å². The van der Waals surface area contributed by atoms with E-state index < -0.39 is 21.4 Å². The molecule has 0 spiro atoms. The highest BCUT2D eigenvalue weighted by Crippen LogP contribution is 2.25. The molecule has 0 heterocycles. The first kappa shape index (κ1) is 16.9. The molecule has 0 saturated heterocycles. The molecule has 0 unspecified atom stereocenters. The number of halogens is 2. The summed E-state index contributed by atoms with van der Waals surface area (Å²) in [7, 11) is -3.77. The maximum absolute atomic E-state index is 13.1. The van der Waals surface area contributed by atoms with Crippen molar-refractivity contribution in [3.63, 3.8) is 0 Å². The number of nitrogens with one attached hydrogen (secondary N) is 1. The second kappa shape index (κ2) is 5.99. The van der Waals surface area contributed by atoms with Crippen LogP contribution in [-0.4, -0.2) is 8.42 Å². The third-order valence-corrected chi connectivity index (χ3v) is 5.45. The van der Waals surface area contributed by atoms with Crippen LogP contribution in [0.3, 0.4) is 0 Å². The minimum atomic E-state index is -3.77. The van der Waals surface area contributed by atoms with Crippen LogP contribution in [-0.2, 0) is 15.6 Å². The molecule has 0 radical (unpaired) electrons. The van der Waals surface area contributed by atoms with Crippen molar-refractivity contribution in [3.05, 3.63) is 64.4 Å². The molecular weight excluding hydrogens is 325 g/mol. The lowest BCUT2D eigenvalue weighted by molar-refractivity contribution is 0.471. The topological polar surface area (TPSA) is 46.2 Å². The molecule has 6 heteroatoms. The molecule has 0 atom stereocenters. The van der Waals surface area contributed by atoms with Gasteiger partial charge in [0.1, 0.15) is 5.82 Å². The van der Waals surface area contributed by atoms with Crippen LogP contribution >= 0.6 is 11.6 Å². The fourth-order valence-electron chi connectivity index (χ4n) is 2.23. The predicted octanol–water partition coefficient (Wildman–Crippen LogP) is 4.00. The number of hydrogen-bond acceptors (Lipinski definition) is 2. The molecule has 2 rings (SSSR count). The Bertz CT molecular complexity index is 786. The van der Waals surface area contributed by atoms with Gasteiger partial charge in [0.2, 0.25) is 10.0 Å². The fraction of sp³-hybridized carbons (Fsp3) is 0.250. The minimum Gasteiger partial charge on any atom is -0.207 e. The fourth-order valence-corrected chi connectivity index (χ4v) is 3.99. The molecule has 1 N–H and O–H groups in total. The van der Waals surface area contributed by atoms with Gasteiger partial charge >= 0.3 is 0 Å². The van der Waals surface area contributed by atoms with Gasteiger partial charge in [-0.25, -0.2) is 17.5 Å². The lowest BCUT2D eigenvalue weighted by Crippen LogP contribution is -2.41. The molecule has 0 fully saturated rings. The molecule has 0 aliphatic rings. The van der Waals surface area contributed by atoms with Gasteiger partial charge in [-0.15, -0.1) is 0 Å². The lowest BCUT2D eigenvalue weighted by Gasteiger charge is -2.27. The average Bonchev–Trinajstić information content (AvgIpc) is 2.37. The van der Waals surface area contributed by atoms with Gasteiger partial charge in [0.15, 0.2) is 0 Å². The first-order chi connectivity index (χ1) is 10.1. The van der Waals surface area contributed by atoms with E-state index in [0.29, 0.717) is 10.6 Å². The summed E-state index contributed by atoms with van der Waals surface area (Å²) >= 11 is 5.85. The Labute approximate surface area is 135 Å². The molecule has 118 valence electrons. The van der Waals surface area contributed by atoms with Crippen molar-refractivity contribution < 1.29 is 12.8 Å². The normalized spacial score (nSPS) is 12.4. The highest BCUT2D eigenvalue weighted by atomic mass is 35.5. The molecule has 0 aromatic heterocycles. The van der Waals surface area contributed by atoms with Gasteiger partial charge in [0.05, 0.1) is 10.4 Å². The number of sulfonamides is 1. The van der Waals surface area contributed by atoms with Crippen LogP contribution in [0.5, 0.6) is 0 Å². The zero-order valence-corrected chi connectivity index (χ0v) is 14.1. The van der Waals surface area contributed by atoms with Crippen LogP contribution in [0.1, 0.15) is 25.0 Å². The van der Waals surface area contributed by atoms with Crippen LogP contribution in [0, 0.1) is 12.7 Å². The van der Waals surface area contributed by atoms with Crippen LogP contribution in [0.25, 0.3) is 0 Å². The predicted molar refractivity (Wildman–Crippen MR) is 85.9 cm³/mol. The first-order valence-electron chi connectivity index (χ1n) is 6.68. The van der Waals surface area contributed by atoms with Gasteiger partial charge in [-0.05, 0) is 62.2 Å². The van der Waals surface area contributed by atoms with Gasteiger partial charge in [0, 0.05) is 5.02 Å². The van der Waals surface area contributed by atoms with Gasteiger partial charge in [-0.3, -0.25) is 0 Å². The van der Waals surface area contributed by atoms with Crippen LogP contribution < -0.4 is 4.72 Å². The summed E-state index contributed by atoms with van der Waals surface area (Å²) in [4.78, 5) is 0.0657. The average molecular weight is 342 g/mol. The molecule has 0 bridgehead atoms. The molecule has 3 nitrogen and oxygen atoms in total. The van der Waals surface area contributed by atoms with Crippen LogP contribution in [0.2, 0.25) is 5.02 Å². The summed E-state index contributed by atoms with van der Waals surface area (Å²) in [5.41, 5.74) is 0.309. The SMILES string of the molecule is Cc1cc(F)ccc1S(=O)(=O)NC(C)(C)c1ccc(Cl)cc1. The van der Waals surface area contributed by atoms with E-state index in [4.69, 9.17) is 11.6 Å². The monoisotopic (exact) mass is 341 g/mol. The lowest BCUT2D eigenvalue weighted by atomic mass is 9.96. The van der Waals surface area contributed by atoms with Crippen molar-refractivity contribution >= 4 is 21.6 Å². The molecule has 0 aliphatic heterocycles. The summed E-state index contributed by atoms with van der Waals surface area (Å²) in [5.74, 6) is -0.464. The van der Waals surface area contributed by atoms with E-state index in [1.165, 1.54) is 12.1 Å². The Kier molecular flexibility index (Phi) is 4.61. The second-order valence-corrected chi connectivity index (χ2v) is 7.73. The standard InChI is InChI=1S/C16H17ClFNO2S/c1-11-10-14(18)8-9-15(11)22(20,21)19-16(2,3)12-4-6-13(17)7-5-12/h4-10,19H,1-3H3. The van der Waals surface area contributed by atoms with E-state index in [-0.39, 0.29) is 4.90 Å². The zero-order chi connectivity index (χ0) is 16.5. The number of rotatable bonds is 4. The summed E-state index contributed by atoms with van der Waals surface area (Å²) in [5, 5.41) is 0.580. The zero-order valence-electron chi connectivity index (χ0n) is 12.5. The maximum atomic E-state index is 13.1. The van der Waals surface area contributed by atoms with Gasteiger partial charge in [-0.1, -0.05) is 23.7 Å². The van der Waals surface area contributed by atoms with Crippen molar-refractivity contribution in [3.8, 4) is 0 Å². The Balaban J connectivity index is 2.36. The third-order valence-electron chi connectivity index (χ3n) is 3.38. The van der Waals surface area contributed by atoms with Crippen molar-refractivity contribution in [2.75, 3.05) is 0 Å². The summed E-state index contributed by atoms with van der Waals surface area (Å²) in [6, 6.07) is 10.5. The Hall–Kier alpha value is -1.43. The van der Waals surface area contributed by atoms with E-state index in [0.717, 1.165) is 11.6 Å². The summed E-state index contributed by atoms with van der Waals surface area (Å²) < 4.78 is 40.9. The van der Waals surface area contributed by atoms with E-state index in [1.807, 2.05) is 0 Å². The van der Waals surface area contributed by atoms with Crippen molar-refractivity contribution in [1.82, 2.24) is 4.72 Å². The van der Waals surface area contributed by atoms with E-state index in [2.05, 4.69) is 4.72 Å². The van der Waals surface area contributed by atoms with Crippen molar-refractivity contribution in [1.29, 1.82) is 0 Å². The molecule has 2 aromatic rings. The number of benzene rings is 2. The Morgan fingerprint density at radius 1 is 1.09 bits per heavy atom. The quantitative estimate of drug-likeness (QED) is 0.913. The summed E-state index contributed by atoms with van der Waals surface area (Å²) in [6.07, 6.45) is 0. The van der Waals surface area contributed by atoms with E-state index in [1.54, 1.807) is 45.0 Å². The van der Waals surface area contributed by atoms with Gasteiger partial charge < -0.3 is 0 Å². The second-order valence-electron chi connectivity index (χ2n) is 5.65. The Morgan fingerprint density at radius 2 is 1.68 bits per heavy atom. The van der Waals surface area contributed by atoms with E-state index >= 15 is 0 Å². The Morgan fingerprint density at radius 3 is 2.23 bits per heavy atom. The molecular formula is C16H17ClFNO2S. The number of hydrogen-bond donors (Lipinski definition) is 1. The highest BCUT2D eigenvalue weighted by Gasteiger charge is 2.28. The van der Waals surface area contributed by atoms with Crippen molar-refractivity contribution in [2.24, 2.45) is 0 Å². The van der Waals surface area contributed by atoms with Gasteiger partial charge in [-0.2, -0.15) is 0 Å². The van der Waals surface area contributed by atoms with Crippen molar-refractivity contribution in [2.45, 2.75) is 31.2 Å².